The maximum absolute atomic E-state index is 11.7. The summed E-state index contributed by atoms with van der Waals surface area (Å²) in [4.78, 5) is 16.6. The number of nitrogens with zero attached hydrogens (tertiary/aromatic N) is 4. The standard InChI is InChI=1S/C11H11N5OS/c1-8(9-3-2-4-18-9)14-11(17)6-16-7-13-10(5-12)15-16/h2-4,7-8H,6H2,1H3,(H,14,17). The molecule has 0 saturated heterocycles. The van der Waals surface area contributed by atoms with Gasteiger partial charge >= 0.3 is 0 Å². The fraction of sp³-hybridized carbons (Fsp3) is 0.273. The Morgan fingerprint density at radius 2 is 2.56 bits per heavy atom. The Bertz CT molecular complexity index is 569. The van der Waals surface area contributed by atoms with Crippen LogP contribution in [-0.4, -0.2) is 20.7 Å². The third kappa shape index (κ3) is 2.93. The summed E-state index contributed by atoms with van der Waals surface area (Å²) in [7, 11) is 0. The van der Waals surface area contributed by atoms with E-state index in [9.17, 15) is 4.79 Å². The molecule has 2 aromatic rings. The Labute approximate surface area is 108 Å². The normalized spacial score (nSPS) is 11.8. The van der Waals surface area contributed by atoms with Crippen LogP contribution < -0.4 is 5.32 Å². The summed E-state index contributed by atoms with van der Waals surface area (Å²) in [5.41, 5.74) is 0. The highest BCUT2D eigenvalue weighted by atomic mass is 32.1. The summed E-state index contributed by atoms with van der Waals surface area (Å²) >= 11 is 1.59. The molecule has 0 aliphatic rings. The molecule has 0 radical (unpaired) electrons. The van der Waals surface area contributed by atoms with Crippen LogP contribution in [0.1, 0.15) is 23.7 Å². The van der Waals surface area contributed by atoms with Crippen molar-refractivity contribution < 1.29 is 4.79 Å². The minimum Gasteiger partial charge on any atom is -0.347 e. The van der Waals surface area contributed by atoms with Gasteiger partial charge < -0.3 is 5.32 Å². The third-order valence-corrected chi connectivity index (χ3v) is 3.34. The lowest BCUT2D eigenvalue weighted by atomic mass is 10.3. The Kier molecular flexibility index (Phi) is 3.69. The van der Waals surface area contributed by atoms with E-state index in [0.717, 1.165) is 4.88 Å². The summed E-state index contributed by atoms with van der Waals surface area (Å²) in [6.07, 6.45) is 1.37. The van der Waals surface area contributed by atoms with Crippen molar-refractivity contribution in [3.05, 3.63) is 34.5 Å². The monoisotopic (exact) mass is 261 g/mol. The molecule has 0 aromatic carbocycles. The first-order chi connectivity index (χ1) is 8.69. The molecule has 2 aromatic heterocycles. The van der Waals surface area contributed by atoms with Gasteiger partial charge in [0.1, 0.15) is 18.9 Å². The van der Waals surface area contributed by atoms with Gasteiger partial charge in [-0.05, 0) is 18.4 Å². The second kappa shape index (κ2) is 5.42. The van der Waals surface area contributed by atoms with E-state index >= 15 is 0 Å². The van der Waals surface area contributed by atoms with E-state index in [0.29, 0.717) is 0 Å². The molecule has 0 aliphatic carbocycles. The van der Waals surface area contributed by atoms with Crippen molar-refractivity contribution in [3.8, 4) is 6.07 Å². The van der Waals surface area contributed by atoms with E-state index in [1.807, 2.05) is 30.5 Å². The predicted molar refractivity (Wildman–Crippen MR) is 65.6 cm³/mol. The molecule has 0 saturated carbocycles. The highest BCUT2D eigenvalue weighted by Gasteiger charge is 2.11. The zero-order chi connectivity index (χ0) is 13.0. The van der Waals surface area contributed by atoms with Crippen LogP contribution in [-0.2, 0) is 11.3 Å². The van der Waals surface area contributed by atoms with Crippen molar-refractivity contribution in [1.82, 2.24) is 20.1 Å². The minimum atomic E-state index is -0.162. The van der Waals surface area contributed by atoms with E-state index < -0.39 is 0 Å². The highest BCUT2D eigenvalue weighted by molar-refractivity contribution is 7.10. The van der Waals surface area contributed by atoms with Crippen LogP contribution in [0, 0.1) is 11.3 Å². The van der Waals surface area contributed by atoms with Crippen molar-refractivity contribution in [3.63, 3.8) is 0 Å². The van der Waals surface area contributed by atoms with Crippen LogP contribution in [0.2, 0.25) is 0 Å². The maximum Gasteiger partial charge on any atom is 0.252 e. The van der Waals surface area contributed by atoms with Crippen LogP contribution >= 0.6 is 11.3 Å². The molecule has 7 heteroatoms. The molecule has 0 fully saturated rings. The van der Waals surface area contributed by atoms with Gasteiger partial charge in [0, 0.05) is 4.88 Å². The highest BCUT2D eigenvalue weighted by Crippen LogP contribution is 2.17. The van der Waals surface area contributed by atoms with Crippen molar-refractivity contribution >= 4 is 17.2 Å². The zero-order valence-electron chi connectivity index (χ0n) is 9.70. The van der Waals surface area contributed by atoms with Gasteiger partial charge in [-0.15, -0.1) is 16.4 Å². The average molecular weight is 261 g/mol. The molecule has 2 rings (SSSR count). The number of hydrogen-bond donors (Lipinski definition) is 1. The first-order valence-corrected chi connectivity index (χ1v) is 6.19. The molecule has 6 nitrogen and oxygen atoms in total. The lowest BCUT2D eigenvalue weighted by Gasteiger charge is -2.11. The quantitative estimate of drug-likeness (QED) is 0.892. The van der Waals surface area contributed by atoms with Crippen molar-refractivity contribution in [2.45, 2.75) is 19.5 Å². The number of nitrogens with one attached hydrogen (secondary N) is 1. The average Bonchev–Trinajstić information content (AvgIpc) is 2.98. The van der Waals surface area contributed by atoms with Crippen molar-refractivity contribution in [1.29, 1.82) is 5.26 Å². The molecule has 92 valence electrons. The number of thiophene rings is 1. The van der Waals surface area contributed by atoms with Gasteiger partial charge in [0.05, 0.1) is 6.04 Å². The molecular formula is C11H11N5OS. The fourth-order valence-corrected chi connectivity index (χ4v) is 2.20. The number of nitriles is 1. The van der Waals surface area contributed by atoms with E-state index in [1.165, 1.54) is 11.0 Å². The van der Waals surface area contributed by atoms with Gasteiger partial charge in [-0.25, -0.2) is 9.67 Å². The Morgan fingerprint density at radius 3 is 3.17 bits per heavy atom. The van der Waals surface area contributed by atoms with Crippen LogP contribution in [0.25, 0.3) is 0 Å². The van der Waals surface area contributed by atoms with E-state index in [4.69, 9.17) is 5.26 Å². The molecule has 0 bridgehead atoms. The first kappa shape index (κ1) is 12.3. The van der Waals surface area contributed by atoms with Crippen molar-refractivity contribution in [2.75, 3.05) is 0 Å². The van der Waals surface area contributed by atoms with Crippen LogP contribution in [0.3, 0.4) is 0 Å². The second-order valence-electron chi connectivity index (χ2n) is 3.68. The minimum absolute atomic E-state index is 0.0311. The molecule has 1 unspecified atom stereocenters. The zero-order valence-corrected chi connectivity index (χ0v) is 10.5. The lowest BCUT2D eigenvalue weighted by Crippen LogP contribution is -2.29. The fourth-order valence-electron chi connectivity index (χ4n) is 1.47. The largest absolute Gasteiger partial charge is 0.347 e. The SMILES string of the molecule is CC(NC(=O)Cn1cnc(C#N)n1)c1cccs1. The Hall–Kier alpha value is -2.20. The summed E-state index contributed by atoms with van der Waals surface area (Å²) in [6.45, 7) is 1.98. The van der Waals surface area contributed by atoms with Gasteiger partial charge in [-0.1, -0.05) is 6.07 Å². The van der Waals surface area contributed by atoms with E-state index in [2.05, 4.69) is 15.4 Å². The van der Waals surface area contributed by atoms with E-state index in [-0.39, 0.29) is 24.3 Å². The van der Waals surface area contributed by atoms with E-state index in [1.54, 1.807) is 11.3 Å². The molecule has 18 heavy (non-hydrogen) atoms. The Balaban J connectivity index is 1.91. The first-order valence-electron chi connectivity index (χ1n) is 5.31. The topological polar surface area (TPSA) is 83.6 Å². The summed E-state index contributed by atoms with van der Waals surface area (Å²) in [5, 5.41) is 17.2. The number of carbonyl (C=O) groups excluding carboxylic acids is 1. The summed E-state index contributed by atoms with van der Waals surface area (Å²) in [5.74, 6) is -0.0978. The number of aromatic nitrogens is 3. The molecule has 1 atom stereocenters. The lowest BCUT2D eigenvalue weighted by molar-refractivity contribution is -0.122. The van der Waals surface area contributed by atoms with Gasteiger partial charge in [-0.3, -0.25) is 4.79 Å². The van der Waals surface area contributed by atoms with Crippen LogP contribution in [0.15, 0.2) is 23.8 Å². The molecule has 0 aliphatic heterocycles. The number of amides is 1. The molecule has 2 heterocycles. The smallest absolute Gasteiger partial charge is 0.252 e. The summed E-state index contributed by atoms with van der Waals surface area (Å²) < 4.78 is 1.34. The molecule has 1 N–H and O–H groups in total. The van der Waals surface area contributed by atoms with Gasteiger partial charge in [0.2, 0.25) is 5.91 Å². The second-order valence-corrected chi connectivity index (χ2v) is 4.66. The van der Waals surface area contributed by atoms with Gasteiger partial charge in [0.25, 0.3) is 5.82 Å². The van der Waals surface area contributed by atoms with Crippen LogP contribution in [0.5, 0.6) is 0 Å². The molecular weight excluding hydrogens is 250 g/mol. The van der Waals surface area contributed by atoms with Gasteiger partial charge in [0.15, 0.2) is 0 Å². The predicted octanol–water partition coefficient (Wildman–Crippen LogP) is 1.09. The third-order valence-electron chi connectivity index (χ3n) is 2.29. The number of carbonyl (C=O) groups is 1. The molecule has 1 amide bonds. The Morgan fingerprint density at radius 1 is 1.72 bits per heavy atom. The number of rotatable bonds is 4. The number of hydrogen-bond acceptors (Lipinski definition) is 5. The van der Waals surface area contributed by atoms with Crippen molar-refractivity contribution in [2.24, 2.45) is 0 Å². The van der Waals surface area contributed by atoms with Crippen LogP contribution in [0.4, 0.5) is 0 Å². The maximum atomic E-state index is 11.7. The van der Waals surface area contributed by atoms with Gasteiger partial charge in [-0.2, -0.15) is 5.26 Å². The summed E-state index contributed by atoms with van der Waals surface area (Å²) in [6, 6.07) is 5.69. The molecule has 0 spiro atoms.